The van der Waals surface area contributed by atoms with Gasteiger partial charge in [0, 0.05) is 32.7 Å². The molecule has 1 aliphatic rings. The number of halogens is 3. The molecule has 30 heavy (non-hydrogen) atoms. The van der Waals surface area contributed by atoms with Crippen LogP contribution in [0.15, 0.2) is 36.4 Å². The molecule has 0 radical (unpaired) electrons. The molecule has 0 bridgehead atoms. The van der Waals surface area contributed by atoms with Gasteiger partial charge in [0.15, 0.2) is 11.6 Å². The number of carbonyl (C=O) groups is 2. The summed E-state index contributed by atoms with van der Waals surface area (Å²) in [5.41, 5.74) is -1.28. The summed E-state index contributed by atoms with van der Waals surface area (Å²) in [6.45, 7) is 3.58. The summed E-state index contributed by atoms with van der Waals surface area (Å²) >= 11 is 0. The highest BCUT2D eigenvalue weighted by atomic mass is 19.4. The van der Waals surface area contributed by atoms with E-state index in [0.29, 0.717) is 31.3 Å². The highest BCUT2D eigenvalue weighted by molar-refractivity contribution is 5.96. The van der Waals surface area contributed by atoms with Crippen LogP contribution in [0.3, 0.4) is 0 Å². The predicted octanol–water partition coefficient (Wildman–Crippen LogP) is 2.60. The van der Waals surface area contributed by atoms with E-state index in [0.717, 1.165) is 6.07 Å². The lowest BCUT2D eigenvalue weighted by Crippen LogP contribution is -2.49. The minimum atomic E-state index is -4.59. The van der Waals surface area contributed by atoms with Gasteiger partial charge in [-0.15, -0.1) is 10.2 Å². The standard InChI is InChI=1S/C19H21F3N6O2/c1-2-23-18(30)24-15-7-8-16(26-25-15)27-9-11-28(12-10-27)17(29)13-5-3-4-6-14(13)19(20,21)22/h3-8H,2,9-12H2,1H3,(H2,23,24,25,30). The van der Waals surface area contributed by atoms with E-state index in [2.05, 4.69) is 20.8 Å². The second-order valence-electron chi connectivity index (χ2n) is 6.58. The number of carbonyl (C=O) groups excluding carboxylic acids is 2. The molecule has 1 aromatic carbocycles. The van der Waals surface area contributed by atoms with Gasteiger partial charge in [-0.1, -0.05) is 12.1 Å². The quantitative estimate of drug-likeness (QED) is 0.791. The van der Waals surface area contributed by atoms with Gasteiger partial charge in [0.25, 0.3) is 5.91 Å². The SMILES string of the molecule is CCNC(=O)Nc1ccc(N2CCN(C(=O)c3ccccc3C(F)(F)F)CC2)nn1. The number of nitrogens with zero attached hydrogens (tertiary/aromatic N) is 4. The van der Waals surface area contributed by atoms with Crippen molar-refractivity contribution in [2.75, 3.05) is 42.9 Å². The molecule has 1 aliphatic heterocycles. The van der Waals surface area contributed by atoms with Crippen LogP contribution in [0.2, 0.25) is 0 Å². The first-order valence-corrected chi connectivity index (χ1v) is 9.38. The van der Waals surface area contributed by atoms with E-state index in [4.69, 9.17) is 0 Å². The number of benzene rings is 1. The summed E-state index contributed by atoms with van der Waals surface area (Å²) < 4.78 is 39.6. The van der Waals surface area contributed by atoms with Gasteiger partial charge in [0.05, 0.1) is 11.1 Å². The van der Waals surface area contributed by atoms with E-state index < -0.39 is 17.6 Å². The summed E-state index contributed by atoms with van der Waals surface area (Å²) in [5.74, 6) is 0.205. The largest absolute Gasteiger partial charge is 0.417 e. The van der Waals surface area contributed by atoms with Gasteiger partial charge in [0.1, 0.15) is 0 Å². The van der Waals surface area contributed by atoms with E-state index >= 15 is 0 Å². The highest BCUT2D eigenvalue weighted by Crippen LogP contribution is 2.32. The molecule has 0 spiro atoms. The first-order chi connectivity index (χ1) is 14.3. The fourth-order valence-electron chi connectivity index (χ4n) is 3.11. The number of piperazine rings is 1. The zero-order valence-corrected chi connectivity index (χ0v) is 16.2. The number of alkyl halides is 3. The van der Waals surface area contributed by atoms with Crippen LogP contribution in [0.1, 0.15) is 22.8 Å². The molecule has 0 unspecified atom stereocenters. The number of rotatable bonds is 4. The van der Waals surface area contributed by atoms with Crippen LogP contribution in [-0.4, -0.2) is 59.8 Å². The summed E-state index contributed by atoms with van der Waals surface area (Å²) in [5, 5.41) is 13.1. The maximum Gasteiger partial charge on any atom is 0.417 e. The molecule has 3 rings (SSSR count). The topological polar surface area (TPSA) is 90.5 Å². The zero-order valence-electron chi connectivity index (χ0n) is 16.2. The van der Waals surface area contributed by atoms with Crippen molar-refractivity contribution in [1.29, 1.82) is 0 Å². The van der Waals surface area contributed by atoms with Gasteiger partial charge >= 0.3 is 12.2 Å². The molecule has 1 aromatic heterocycles. The van der Waals surface area contributed by atoms with E-state index in [1.807, 2.05) is 4.90 Å². The Bertz CT molecular complexity index is 896. The van der Waals surface area contributed by atoms with Gasteiger partial charge in [-0.25, -0.2) is 4.79 Å². The van der Waals surface area contributed by atoms with Crippen molar-refractivity contribution < 1.29 is 22.8 Å². The normalized spacial score (nSPS) is 14.4. The zero-order chi connectivity index (χ0) is 21.7. The Morgan fingerprint density at radius 2 is 1.73 bits per heavy atom. The number of hydrogen-bond donors (Lipinski definition) is 2. The fourth-order valence-corrected chi connectivity index (χ4v) is 3.11. The van der Waals surface area contributed by atoms with Crippen LogP contribution in [0.4, 0.5) is 29.6 Å². The number of anilines is 2. The number of urea groups is 1. The third-order valence-electron chi connectivity index (χ3n) is 4.58. The Morgan fingerprint density at radius 3 is 2.33 bits per heavy atom. The lowest BCUT2D eigenvalue weighted by atomic mass is 10.1. The fraction of sp³-hybridized carbons (Fsp3) is 0.368. The van der Waals surface area contributed by atoms with Gasteiger partial charge in [-0.3, -0.25) is 10.1 Å². The number of nitrogens with one attached hydrogen (secondary N) is 2. The molecule has 160 valence electrons. The van der Waals surface area contributed by atoms with Crippen LogP contribution in [-0.2, 0) is 6.18 Å². The minimum absolute atomic E-state index is 0.256. The number of amides is 3. The van der Waals surface area contributed by atoms with Crippen molar-refractivity contribution in [1.82, 2.24) is 20.4 Å². The molecule has 2 heterocycles. The van der Waals surface area contributed by atoms with Crippen LogP contribution in [0, 0.1) is 0 Å². The van der Waals surface area contributed by atoms with Crippen molar-refractivity contribution in [3.05, 3.63) is 47.5 Å². The van der Waals surface area contributed by atoms with Crippen molar-refractivity contribution in [3.8, 4) is 0 Å². The van der Waals surface area contributed by atoms with Gasteiger partial charge < -0.3 is 15.1 Å². The monoisotopic (exact) mass is 422 g/mol. The number of hydrogen-bond acceptors (Lipinski definition) is 5. The number of aromatic nitrogens is 2. The van der Waals surface area contributed by atoms with Crippen molar-refractivity contribution in [2.24, 2.45) is 0 Å². The Morgan fingerprint density at radius 1 is 1.03 bits per heavy atom. The Kier molecular flexibility index (Phi) is 6.38. The second-order valence-corrected chi connectivity index (χ2v) is 6.58. The lowest BCUT2D eigenvalue weighted by molar-refractivity contribution is -0.138. The third-order valence-corrected chi connectivity index (χ3v) is 4.58. The van der Waals surface area contributed by atoms with Gasteiger partial charge in [-0.05, 0) is 31.2 Å². The second kappa shape index (κ2) is 8.97. The minimum Gasteiger partial charge on any atom is -0.352 e. The Balaban J connectivity index is 1.61. The maximum absolute atomic E-state index is 13.2. The molecule has 0 aliphatic carbocycles. The first kappa shape index (κ1) is 21.3. The molecule has 1 saturated heterocycles. The van der Waals surface area contributed by atoms with Crippen molar-refractivity contribution >= 4 is 23.6 Å². The molecule has 0 saturated carbocycles. The summed E-state index contributed by atoms with van der Waals surface area (Å²) in [6.07, 6.45) is -4.59. The molecule has 0 atom stereocenters. The average molecular weight is 422 g/mol. The Labute approximate surface area is 171 Å². The van der Waals surface area contributed by atoms with Crippen LogP contribution in [0.25, 0.3) is 0 Å². The molecule has 2 aromatic rings. The van der Waals surface area contributed by atoms with Crippen LogP contribution >= 0.6 is 0 Å². The molecule has 1 fully saturated rings. The Hall–Kier alpha value is -3.37. The van der Waals surface area contributed by atoms with E-state index in [9.17, 15) is 22.8 Å². The predicted molar refractivity (Wildman–Crippen MR) is 104 cm³/mol. The molecular weight excluding hydrogens is 401 g/mol. The lowest BCUT2D eigenvalue weighted by Gasteiger charge is -2.35. The summed E-state index contributed by atoms with van der Waals surface area (Å²) in [6, 6.07) is 7.70. The molecule has 2 N–H and O–H groups in total. The first-order valence-electron chi connectivity index (χ1n) is 9.38. The third kappa shape index (κ3) is 4.97. The van der Waals surface area contributed by atoms with Gasteiger partial charge in [-0.2, -0.15) is 13.2 Å². The summed E-state index contributed by atoms with van der Waals surface area (Å²) in [7, 11) is 0. The van der Waals surface area contributed by atoms with E-state index in [1.54, 1.807) is 19.1 Å². The van der Waals surface area contributed by atoms with E-state index in [1.165, 1.54) is 23.1 Å². The summed E-state index contributed by atoms with van der Waals surface area (Å²) in [4.78, 5) is 27.4. The van der Waals surface area contributed by atoms with Crippen LogP contribution < -0.4 is 15.5 Å². The molecule has 11 heteroatoms. The van der Waals surface area contributed by atoms with Gasteiger partial charge in [0.2, 0.25) is 0 Å². The average Bonchev–Trinajstić information content (AvgIpc) is 2.73. The van der Waals surface area contributed by atoms with Crippen molar-refractivity contribution in [3.63, 3.8) is 0 Å². The maximum atomic E-state index is 13.2. The molecule has 3 amide bonds. The highest BCUT2D eigenvalue weighted by Gasteiger charge is 2.36. The molecule has 8 nitrogen and oxygen atoms in total. The molecular formula is C19H21F3N6O2. The van der Waals surface area contributed by atoms with Crippen molar-refractivity contribution in [2.45, 2.75) is 13.1 Å². The smallest absolute Gasteiger partial charge is 0.352 e. The van der Waals surface area contributed by atoms with Crippen LogP contribution in [0.5, 0.6) is 0 Å². The van der Waals surface area contributed by atoms with E-state index in [-0.39, 0.29) is 24.7 Å².